The molecule has 2 fully saturated rings. The Morgan fingerprint density at radius 3 is 3.22 bits per heavy atom. The van der Waals surface area contributed by atoms with Crippen LogP contribution < -0.4 is 5.32 Å². The molecule has 0 spiro atoms. The average Bonchev–Trinajstić information content (AvgIpc) is 3.14. The molecule has 0 aliphatic carbocycles. The van der Waals surface area contributed by atoms with Crippen molar-refractivity contribution in [1.29, 1.82) is 0 Å². The fourth-order valence-corrected chi connectivity index (χ4v) is 7.20. The van der Waals surface area contributed by atoms with Crippen LogP contribution in [0.5, 0.6) is 0 Å². The first-order chi connectivity index (χ1) is 11.1. The number of fused-ring (bicyclic) bond motifs is 1. The highest BCUT2D eigenvalue weighted by Crippen LogP contribution is 2.44. The number of carbonyl (C=O) groups is 2. The van der Waals surface area contributed by atoms with Crippen molar-refractivity contribution in [2.45, 2.75) is 23.6 Å². The van der Waals surface area contributed by atoms with Crippen LogP contribution in [0, 0.1) is 0 Å². The Balaban J connectivity index is 1.44. The summed E-state index contributed by atoms with van der Waals surface area (Å²) < 4.78 is 0. The van der Waals surface area contributed by atoms with Crippen molar-refractivity contribution >= 4 is 58.4 Å². The second kappa shape index (κ2) is 7.72. The van der Waals surface area contributed by atoms with Gasteiger partial charge in [0.25, 0.3) is 0 Å². The van der Waals surface area contributed by atoms with E-state index >= 15 is 0 Å². The van der Waals surface area contributed by atoms with Crippen LogP contribution in [0.2, 0.25) is 0 Å². The summed E-state index contributed by atoms with van der Waals surface area (Å²) in [6.45, 7) is 2.73. The first-order valence-electron chi connectivity index (χ1n) is 7.52. The lowest BCUT2D eigenvalue weighted by molar-refractivity contribution is -0.139. The van der Waals surface area contributed by atoms with Crippen LogP contribution in [0.4, 0.5) is 0 Å². The van der Waals surface area contributed by atoms with Gasteiger partial charge in [-0.25, -0.2) is 0 Å². The van der Waals surface area contributed by atoms with Crippen molar-refractivity contribution in [2.75, 3.05) is 29.6 Å². The van der Waals surface area contributed by atoms with Crippen molar-refractivity contribution in [2.24, 2.45) is 0 Å². The Morgan fingerprint density at radius 2 is 2.43 bits per heavy atom. The second-order valence-corrected chi connectivity index (χ2v) is 10.3. The number of hydrogen-bond donors (Lipinski definition) is 1. The predicted octanol–water partition coefficient (Wildman–Crippen LogP) is 2.50. The van der Waals surface area contributed by atoms with Gasteiger partial charge < -0.3 is 10.2 Å². The number of thioether (sulfide) groups is 3. The molecule has 3 rings (SSSR count). The van der Waals surface area contributed by atoms with E-state index in [1.165, 1.54) is 4.88 Å². The lowest BCUT2D eigenvalue weighted by Crippen LogP contribution is -2.57. The summed E-state index contributed by atoms with van der Waals surface area (Å²) in [5.74, 6) is 4.09. The van der Waals surface area contributed by atoms with E-state index in [4.69, 9.17) is 0 Å². The fraction of sp³-hybridized carbons (Fsp3) is 0.600. The van der Waals surface area contributed by atoms with Crippen molar-refractivity contribution in [3.05, 3.63) is 22.4 Å². The van der Waals surface area contributed by atoms with Gasteiger partial charge in [-0.15, -0.1) is 34.9 Å². The summed E-state index contributed by atoms with van der Waals surface area (Å²) in [6, 6.07) is 3.89. The summed E-state index contributed by atoms with van der Waals surface area (Å²) >= 11 is 6.99. The van der Waals surface area contributed by atoms with Gasteiger partial charge in [-0.05, 0) is 18.4 Å². The molecule has 4 nitrogen and oxygen atoms in total. The second-order valence-electron chi connectivity index (χ2n) is 5.68. The van der Waals surface area contributed by atoms with Crippen LogP contribution in [0.3, 0.4) is 0 Å². The Labute approximate surface area is 153 Å². The van der Waals surface area contributed by atoms with E-state index in [1.807, 2.05) is 16.7 Å². The van der Waals surface area contributed by atoms with Crippen LogP contribution in [0.25, 0.3) is 0 Å². The van der Waals surface area contributed by atoms with E-state index in [1.54, 1.807) is 34.9 Å². The van der Waals surface area contributed by atoms with Gasteiger partial charge in [0.15, 0.2) is 0 Å². The minimum atomic E-state index is -0.305. The zero-order valence-electron chi connectivity index (χ0n) is 12.9. The molecule has 0 unspecified atom stereocenters. The Kier molecular flexibility index (Phi) is 5.87. The molecule has 3 heterocycles. The molecule has 1 aromatic rings. The van der Waals surface area contributed by atoms with Crippen molar-refractivity contribution in [1.82, 2.24) is 10.2 Å². The minimum Gasteiger partial charge on any atom is -0.353 e. The third-order valence-electron chi connectivity index (χ3n) is 3.91. The van der Waals surface area contributed by atoms with E-state index in [0.29, 0.717) is 18.1 Å². The molecule has 0 bridgehead atoms. The molecule has 8 heteroatoms. The van der Waals surface area contributed by atoms with Crippen LogP contribution in [0.1, 0.15) is 11.8 Å². The van der Waals surface area contributed by atoms with Gasteiger partial charge in [-0.2, -0.15) is 11.8 Å². The molecule has 2 saturated heterocycles. The van der Waals surface area contributed by atoms with E-state index in [9.17, 15) is 9.59 Å². The van der Waals surface area contributed by atoms with Crippen molar-refractivity contribution in [3.8, 4) is 0 Å². The van der Waals surface area contributed by atoms with Gasteiger partial charge in [0.2, 0.25) is 11.8 Å². The summed E-state index contributed by atoms with van der Waals surface area (Å²) in [6.07, 6.45) is 0. The number of nitrogens with zero attached hydrogens (tertiary/aromatic N) is 1. The zero-order valence-corrected chi connectivity index (χ0v) is 16.2. The van der Waals surface area contributed by atoms with E-state index < -0.39 is 0 Å². The largest absolute Gasteiger partial charge is 0.353 e. The maximum Gasteiger partial charge on any atom is 0.243 e. The highest BCUT2D eigenvalue weighted by atomic mass is 32.2. The molecular formula is C15H20N2O2S4. The van der Waals surface area contributed by atoms with Crippen LogP contribution in [-0.2, 0) is 15.3 Å². The van der Waals surface area contributed by atoms with Crippen molar-refractivity contribution in [3.63, 3.8) is 0 Å². The summed E-state index contributed by atoms with van der Waals surface area (Å²) in [4.78, 5) is 27.6. The maximum atomic E-state index is 12.4. The van der Waals surface area contributed by atoms with Crippen LogP contribution in [-0.4, -0.2) is 57.2 Å². The molecule has 1 aromatic heterocycles. The van der Waals surface area contributed by atoms with Gasteiger partial charge in [0.1, 0.15) is 6.04 Å². The quantitative estimate of drug-likeness (QED) is 0.759. The number of amides is 2. The highest BCUT2D eigenvalue weighted by Gasteiger charge is 2.50. The molecule has 1 N–H and O–H groups in total. The molecule has 0 radical (unpaired) electrons. The topological polar surface area (TPSA) is 49.4 Å². The van der Waals surface area contributed by atoms with Gasteiger partial charge in [-0.1, -0.05) is 6.07 Å². The molecule has 2 aliphatic rings. The normalized spacial score (nSPS) is 27.1. The van der Waals surface area contributed by atoms with Crippen molar-refractivity contribution < 1.29 is 9.59 Å². The lowest BCUT2D eigenvalue weighted by Gasteiger charge is -2.40. The molecule has 23 heavy (non-hydrogen) atoms. The standard InChI is InChI=1S/C15H20N2O2S4/c1-15-10-21-9-13(18)17(15)12(8-23-15)14(19)16-4-6-20-7-11-3-2-5-22-11/h2-3,5,12H,4,6-10H2,1H3,(H,16,19)/t12-,15-/m1/s1. The molecule has 2 atom stereocenters. The molecular weight excluding hydrogens is 368 g/mol. The van der Waals surface area contributed by atoms with Gasteiger partial charge in [0.05, 0.1) is 10.6 Å². The smallest absolute Gasteiger partial charge is 0.243 e. The monoisotopic (exact) mass is 388 g/mol. The van der Waals surface area contributed by atoms with E-state index in [-0.39, 0.29) is 22.7 Å². The molecule has 126 valence electrons. The van der Waals surface area contributed by atoms with E-state index in [2.05, 4.69) is 29.8 Å². The lowest BCUT2D eigenvalue weighted by atomic mass is 10.2. The summed E-state index contributed by atoms with van der Waals surface area (Å²) in [5.41, 5.74) is 0. The zero-order chi connectivity index (χ0) is 16.3. The molecule has 0 saturated carbocycles. The summed E-state index contributed by atoms with van der Waals surface area (Å²) in [7, 11) is 0. The fourth-order valence-electron chi connectivity index (χ4n) is 2.80. The highest BCUT2D eigenvalue weighted by molar-refractivity contribution is 8.04. The maximum absolute atomic E-state index is 12.4. The minimum absolute atomic E-state index is 0.00167. The number of rotatable bonds is 6. The molecule has 2 aliphatic heterocycles. The van der Waals surface area contributed by atoms with Crippen LogP contribution >= 0.6 is 46.6 Å². The van der Waals surface area contributed by atoms with Crippen LogP contribution in [0.15, 0.2) is 17.5 Å². The Bertz CT molecular complexity index is 566. The van der Waals surface area contributed by atoms with Gasteiger partial charge in [-0.3, -0.25) is 9.59 Å². The summed E-state index contributed by atoms with van der Waals surface area (Å²) in [5, 5.41) is 5.09. The average molecular weight is 389 g/mol. The predicted molar refractivity (Wildman–Crippen MR) is 102 cm³/mol. The molecule has 2 amide bonds. The number of nitrogens with one attached hydrogen (secondary N) is 1. The number of carbonyl (C=O) groups excluding carboxylic acids is 2. The first kappa shape index (κ1) is 17.5. The van der Waals surface area contributed by atoms with Gasteiger partial charge >= 0.3 is 0 Å². The Hall–Kier alpha value is -0.310. The third-order valence-corrected chi connectivity index (χ3v) is 8.82. The first-order valence-corrected chi connectivity index (χ1v) is 11.7. The SMILES string of the molecule is C[C@@]12CSCC(=O)N1[C@@H](C(=O)NCCSCc1cccs1)CS2. The molecule has 0 aromatic carbocycles. The Morgan fingerprint density at radius 1 is 1.57 bits per heavy atom. The van der Waals surface area contributed by atoms with E-state index in [0.717, 1.165) is 17.3 Å². The third kappa shape index (κ3) is 4.03. The number of thiophene rings is 1. The number of hydrogen-bond acceptors (Lipinski definition) is 6. The van der Waals surface area contributed by atoms with Gasteiger partial charge in [0, 0.05) is 34.4 Å².